The average Bonchev–Trinajstić information content (AvgIpc) is 2.18. The van der Waals surface area contributed by atoms with Crippen LogP contribution in [0.3, 0.4) is 0 Å². The second kappa shape index (κ2) is 4.89. The zero-order valence-corrected chi connectivity index (χ0v) is 8.75. The molecule has 1 rings (SSSR count). The minimum absolute atomic E-state index is 0.190. The number of halogens is 1. The Balaban J connectivity index is 2.70. The third-order valence-electron chi connectivity index (χ3n) is 1.98. The number of benzene rings is 1. The Hall–Kier alpha value is -1.42. The summed E-state index contributed by atoms with van der Waals surface area (Å²) in [6.07, 6.45) is -0.588. The standard InChI is InChI=1S/C11H14FNO2/c1-7-5-9(3-4-10(7)12)11(15)13-6-8(2)14/h3-5,8,14H,6H2,1-2H3,(H,13,15)/t8-/m0/s1. The Bertz CT molecular complexity index is 364. The number of aliphatic hydroxyl groups is 1. The Kier molecular flexibility index (Phi) is 3.80. The quantitative estimate of drug-likeness (QED) is 0.790. The Morgan fingerprint density at radius 3 is 2.80 bits per heavy atom. The highest BCUT2D eigenvalue weighted by atomic mass is 19.1. The molecule has 0 heterocycles. The molecule has 1 amide bonds. The summed E-state index contributed by atoms with van der Waals surface area (Å²) < 4.78 is 12.9. The number of rotatable bonds is 3. The van der Waals surface area contributed by atoms with Gasteiger partial charge in [-0.3, -0.25) is 4.79 Å². The summed E-state index contributed by atoms with van der Waals surface area (Å²) in [5.74, 6) is -0.638. The van der Waals surface area contributed by atoms with Gasteiger partial charge in [-0.25, -0.2) is 4.39 Å². The number of amides is 1. The first kappa shape index (κ1) is 11.7. The molecule has 0 aliphatic heterocycles. The Labute approximate surface area is 87.9 Å². The lowest BCUT2D eigenvalue weighted by Gasteiger charge is -2.07. The van der Waals surface area contributed by atoms with Crippen LogP contribution in [0.15, 0.2) is 18.2 Å². The number of hydrogen-bond donors (Lipinski definition) is 2. The van der Waals surface area contributed by atoms with Gasteiger partial charge in [-0.2, -0.15) is 0 Å². The van der Waals surface area contributed by atoms with Gasteiger partial charge in [0.25, 0.3) is 5.91 Å². The van der Waals surface area contributed by atoms with Gasteiger partial charge in [0.1, 0.15) is 5.82 Å². The number of carbonyl (C=O) groups is 1. The molecule has 0 aliphatic rings. The molecule has 2 N–H and O–H groups in total. The van der Waals surface area contributed by atoms with Gasteiger partial charge in [0.2, 0.25) is 0 Å². The first-order valence-electron chi connectivity index (χ1n) is 4.73. The highest BCUT2D eigenvalue weighted by Crippen LogP contribution is 2.08. The van der Waals surface area contributed by atoms with Crippen LogP contribution in [-0.4, -0.2) is 23.7 Å². The fourth-order valence-electron chi connectivity index (χ4n) is 1.13. The molecule has 0 saturated heterocycles. The molecule has 0 spiro atoms. The third-order valence-corrected chi connectivity index (χ3v) is 1.98. The molecule has 0 aromatic heterocycles. The zero-order valence-electron chi connectivity index (χ0n) is 8.75. The monoisotopic (exact) mass is 211 g/mol. The van der Waals surface area contributed by atoms with Gasteiger partial charge in [0.15, 0.2) is 0 Å². The fourth-order valence-corrected chi connectivity index (χ4v) is 1.13. The molecule has 0 bridgehead atoms. The summed E-state index contributed by atoms with van der Waals surface area (Å²) in [7, 11) is 0. The largest absolute Gasteiger partial charge is 0.392 e. The lowest BCUT2D eigenvalue weighted by molar-refractivity contribution is 0.0924. The molecule has 1 atom stereocenters. The van der Waals surface area contributed by atoms with E-state index in [4.69, 9.17) is 5.11 Å². The third kappa shape index (κ3) is 3.32. The summed E-state index contributed by atoms with van der Waals surface area (Å²) in [5, 5.41) is 11.5. The fraction of sp³-hybridized carbons (Fsp3) is 0.364. The minimum Gasteiger partial charge on any atom is -0.392 e. The topological polar surface area (TPSA) is 49.3 Å². The van der Waals surface area contributed by atoms with E-state index in [0.29, 0.717) is 11.1 Å². The average molecular weight is 211 g/mol. The molecule has 1 aromatic rings. The smallest absolute Gasteiger partial charge is 0.251 e. The summed E-state index contributed by atoms with van der Waals surface area (Å²) in [6, 6.07) is 4.15. The molecule has 0 radical (unpaired) electrons. The molecular formula is C11H14FNO2. The molecule has 15 heavy (non-hydrogen) atoms. The number of hydrogen-bond acceptors (Lipinski definition) is 2. The van der Waals surface area contributed by atoms with E-state index in [2.05, 4.69) is 5.32 Å². The van der Waals surface area contributed by atoms with E-state index < -0.39 is 6.10 Å². The van der Waals surface area contributed by atoms with Crippen LogP contribution in [0.25, 0.3) is 0 Å². The van der Waals surface area contributed by atoms with E-state index in [-0.39, 0.29) is 18.3 Å². The minimum atomic E-state index is -0.588. The van der Waals surface area contributed by atoms with Gasteiger partial charge in [-0.15, -0.1) is 0 Å². The van der Waals surface area contributed by atoms with Crippen LogP contribution in [0.5, 0.6) is 0 Å². The molecular weight excluding hydrogens is 197 g/mol. The molecule has 0 unspecified atom stereocenters. The highest BCUT2D eigenvalue weighted by molar-refractivity contribution is 5.94. The van der Waals surface area contributed by atoms with E-state index in [1.807, 2.05) is 0 Å². The van der Waals surface area contributed by atoms with Gasteiger partial charge in [-0.05, 0) is 37.6 Å². The predicted molar refractivity (Wildman–Crippen MR) is 55.2 cm³/mol. The first-order chi connectivity index (χ1) is 7.00. The van der Waals surface area contributed by atoms with Crippen molar-refractivity contribution in [3.63, 3.8) is 0 Å². The maximum Gasteiger partial charge on any atom is 0.251 e. The van der Waals surface area contributed by atoms with Crippen LogP contribution >= 0.6 is 0 Å². The Morgan fingerprint density at radius 2 is 2.27 bits per heavy atom. The van der Waals surface area contributed by atoms with Crippen LogP contribution in [0.2, 0.25) is 0 Å². The first-order valence-corrected chi connectivity index (χ1v) is 4.73. The molecule has 0 saturated carbocycles. The summed E-state index contributed by atoms with van der Waals surface area (Å²) in [6.45, 7) is 3.37. The van der Waals surface area contributed by atoms with Gasteiger partial charge in [-0.1, -0.05) is 0 Å². The highest BCUT2D eigenvalue weighted by Gasteiger charge is 2.07. The molecule has 0 aliphatic carbocycles. The summed E-state index contributed by atoms with van der Waals surface area (Å²) in [5.41, 5.74) is 0.828. The molecule has 1 aromatic carbocycles. The van der Waals surface area contributed by atoms with Crippen LogP contribution < -0.4 is 5.32 Å². The van der Waals surface area contributed by atoms with Crippen LogP contribution in [0.1, 0.15) is 22.8 Å². The lowest BCUT2D eigenvalue weighted by Crippen LogP contribution is -2.30. The molecule has 82 valence electrons. The van der Waals surface area contributed by atoms with E-state index in [1.165, 1.54) is 18.2 Å². The van der Waals surface area contributed by atoms with Crippen molar-refractivity contribution in [3.8, 4) is 0 Å². The second-order valence-corrected chi connectivity index (χ2v) is 3.52. The van der Waals surface area contributed by atoms with Crippen LogP contribution in [0.4, 0.5) is 4.39 Å². The van der Waals surface area contributed by atoms with Crippen molar-refractivity contribution in [2.24, 2.45) is 0 Å². The van der Waals surface area contributed by atoms with E-state index in [1.54, 1.807) is 13.8 Å². The normalized spacial score (nSPS) is 12.3. The van der Waals surface area contributed by atoms with Crippen LogP contribution in [0, 0.1) is 12.7 Å². The van der Waals surface area contributed by atoms with Crippen molar-refractivity contribution < 1.29 is 14.3 Å². The maximum absolute atomic E-state index is 12.9. The maximum atomic E-state index is 12.9. The van der Waals surface area contributed by atoms with Crippen molar-refractivity contribution in [1.29, 1.82) is 0 Å². The van der Waals surface area contributed by atoms with Gasteiger partial charge >= 0.3 is 0 Å². The van der Waals surface area contributed by atoms with E-state index in [0.717, 1.165) is 0 Å². The number of nitrogens with one attached hydrogen (secondary N) is 1. The molecule has 4 heteroatoms. The van der Waals surface area contributed by atoms with Crippen molar-refractivity contribution in [2.75, 3.05) is 6.54 Å². The van der Waals surface area contributed by atoms with Crippen molar-refractivity contribution in [1.82, 2.24) is 5.32 Å². The zero-order chi connectivity index (χ0) is 11.4. The number of carbonyl (C=O) groups excluding carboxylic acids is 1. The van der Waals surface area contributed by atoms with Crippen LogP contribution in [-0.2, 0) is 0 Å². The lowest BCUT2D eigenvalue weighted by atomic mass is 10.1. The summed E-state index contributed by atoms with van der Waals surface area (Å²) in [4.78, 5) is 11.5. The molecule has 0 fully saturated rings. The van der Waals surface area contributed by atoms with Gasteiger partial charge < -0.3 is 10.4 Å². The molecule has 3 nitrogen and oxygen atoms in total. The summed E-state index contributed by atoms with van der Waals surface area (Å²) >= 11 is 0. The predicted octanol–water partition coefficient (Wildman–Crippen LogP) is 1.24. The van der Waals surface area contributed by atoms with E-state index >= 15 is 0 Å². The second-order valence-electron chi connectivity index (χ2n) is 3.52. The van der Waals surface area contributed by atoms with Gasteiger partial charge in [0, 0.05) is 12.1 Å². The van der Waals surface area contributed by atoms with Crippen molar-refractivity contribution >= 4 is 5.91 Å². The van der Waals surface area contributed by atoms with Gasteiger partial charge in [0.05, 0.1) is 6.10 Å². The number of aliphatic hydroxyl groups excluding tert-OH is 1. The van der Waals surface area contributed by atoms with E-state index in [9.17, 15) is 9.18 Å². The van der Waals surface area contributed by atoms with Crippen molar-refractivity contribution in [3.05, 3.63) is 35.1 Å². The SMILES string of the molecule is Cc1cc(C(=O)NC[C@H](C)O)ccc1F. The van der Waals surface area contributed by atoms with Crippen molar-refractivity contribution in [2.45, 2.75) is 20.0 Å². The number of aryl methyl sites for hydroxylation is 1. The Morgan fingerprint density at radius 1 is 1.60 bits per heavy atom.